The molecular weight excluding hydrogens is 194 g/mol. The Morgan fingerprint density at radius 3 is 3.07 bits per heavy atom. The zero-order valence-corrected chi connectivity index (χ0v) is 8.60. The average Bonchev–Trinajstić information content (AvgIpc) is 2.57. The van der Waals surface area contributed by atoms with Gasteiger partial charge in [-0.15, -0.1) is 0 Å². The second-order valence-electron chi connectivity index (χ2n) is 3.06. The Bertz CT molecular complexity index is 504. The van der Waals surface area contributed by atoms with Gasteiger partial charge in [-0.2, -0.15) is 0 Å². The molecule has 15 heavy (non-hydrogen) atoms. The van der Waals surface area contributed by atoms with E-state index in [1.165, 1.54) is 0 Å². The smallest absolute Gasteiger partial charge is 0.374 e. The first-order chi connectivity index (χ1) is 7.24. The van der Waals surface area contributed by atoms with Crippen LogP contribution in [-0.4, -0.2) is 27.1 Å². The van der Waals surface area contributed by atoms with Crippen molar-refractivity contribution in [1.29, 1.82) is 0 Å². The van der Waals surface area contributed by atoms with Gasteiger partial charge in [-0.05, 0) is 19.1 Å². The Morgan fingerprint density at radius 2 is 2.40 bits per heavy atom. The molecule has 0 N–H and O–H groups in total. The van der Waals surface area contributed by atoms with Gasteiger partial charge in [0, 0.05) is 13.2 Å². The molecule has 0 amide bonds. The second kappa shape index (κ2) is 3.68. The maximum Gasteiger partial charge on any atom is 0.374 e. The van der Waals surface area contributed by atoms with Crippen LogP contribution in [0.5, 0.6) is 0 Å². The van der Waals surface area contributed by atoms with Gasteiger partial charge in [-0.1, -0.05) is 0 Å². The number of carbonyl (C=O) groups excluding carboxylic acids is 1. The maximum atomic E-state index is 11.5. The highest BCUT2D eigenvalue weighted by Crippen LogP contribution is 2.12. The van der Waals surface area contributed by atoms with Crippen LogP contribution < -0.4 is 0 Å². The molecule has 5 nitrogen and oxygen atoms in total. The number of hydrogen-bond donors (Lipinski definition) is 0. The first-order valence-corrected chi connectivity index (χ1v) is 4.68. The van der Waals surface area contributed by atoms with Crippen LogP contribution in [0.3, 0.4) is 0 Å². The molecule has 0 spiro atoms. The van der Waals surface area contributed by atoms with Crippen molar-refractivity contribution < 1.29 is 9.53 Å². The number of rotatable bonds is 2. The molecule has 0 bridgehead atoms. The van der Waals surface area contributed by atoms with Gasteiger partial charge >= 0.3 is 5.97 Å². The number of imidazole rings is 1. The molecule has 2 aromatic heterocycles. The highest BCUT2D eigenvalue weighted by molar-refractivity contribution is 5.89. The zero-order valence-electron chi connectivity index (χ0n) is 8.60. The number of aryl methyl sites for hydroxylation is 1. The van der Waals surface area contributed by atoms with Crippen molar-refractivity contribution in [1.82, 2.24) is 14.5 Å². The van der Waals surface area contributed by atoms with Crippen molar-refractivity contribution >= 4 is 17.1 Å². The van der Waals surface area contributed by atoms with Crippen molar-refractivity contribution in [2.24, 2.45) is 7.05 Å². The van der Waals surface area contributed by atoms with E-state index in [0.717, 1.165) is 5.52 Å². The lowest BCUT2D eigenvalue weighted by Gasteiger charge is -2.00. The van der Waals surface area contributed by atoms with Crippen molar-refractivity contribution in [2.75, 3.05) is 6.61 Å². The summed E-state index contributed by atoms with van der Waals surface area (Å²) in [5, 5.41) is 0. The SMILES string of the molecule is CCOC(=O)c1nc2ncccc2n1C. The summed E-state index contributed by atoms with van der Waals surface area (Å²) in [7, 11) is 1.77. The molecule has 5 heteroatoms. The molecule has 2 rings (SSSR count). The predicted octanol–water partition coefficient (Wildman–Crippen LogP) is 1.14. The predicted molar refractivity (Wildman–Crippen MR) is 54.5 cm³/mol. The summed E-state index contributed by atoms with van der Waals surface area (Å²) < 4.78 is 6.57. The third-order valence-electron chi connectivity index (χ3n) is 2.11. The topological polar surface area (TPSA) is 57.0 Å². The van der Waals surface area contributed by atoms with Gasteiger partial charge in [0.05, 0.1) is 12.1 Å². The molecule has 0 saturated carbocycles. The molecule has 78 valence electrons. The van der Waals surface area contributed by atoms with Gasteiger partial charge in [0.1, 0.15) is 0 Å². The van der Waals surface area contributed by atoms with E-state index in [1.54, 1.807) is 30.8 Å². The van der Waals surface area contributed by atoms with Crippen LogP contribution >= 0.6 is 0 Å². The van der Waals surface area contributed by atoms with Gasteiger partial charge < -0.3 is 9.30 Å². The molecule has 0 radical (unpaired) electrons. The molecule has 2 aromatic rings. The second-order valence-corrected chi connectivity index (χ2v) is 3.06. The summed E-state index contributed by atoms with van der Waals surface area (Å²) in [5.41, 5.74) is 1.38. The van der Waals surface area contributed by atoms with E-state index in [-0.39, 0.29) is 5.82 Å². The van der Waals surface area contributed by atoms with Crippen LogP contribution in [0.2, 0.25) is 0 Å². The minimum absolute atomic E-state index is 0.283. The van der Waals surface area contributed by atoms with Gasteiger partial charge in [0.15, 0.2) is 5.65 Å². The number of hydrogen-bond acceptors (Lipinski definition) is 4. The van der Waals surface area contributed by atoms with E-state index in [9.17, 15) is 4.79 Å². The molecule has 0 atom stereocenters. The summed E-state index contributed by atoms with van der Waals surface area (Å²) in [6.07, 6.45) is 1.64. The van der Waals surface area contributed by atoms with E-state index < -0.39 is 5.97 Å². The molecule has 0 aromatic carbocycles. The maximum absolute atomic E-state index is 11.5. The minimum Gasteiger partial charge on any atom is -0.460 e. The van der Waals surface area contributed by atoms with E-state index in [4.69, 9.17) is 4.74 Å². The fourth-order valence-corrected chi connectivity index (χ4v) is 1.40. The van der Waals surface area contributed by atoms with Crippen molar-refractivity contribution in [3.63, 3.8) is 0 Å². The summed E-state index contributed by atoms with van der Waals surface area (Å²) >= 11 is 0. The summed E-state index contributed by atoms with van der Waals surface area (Å²) in [6.45, 7) is 2.11. The van der Waals surface area contributed by atoms with E-state index in [1.807, 2.05) is 6.07 Å². The van der Waals surface area contributed by atoms with Crippen molar-refractivity contribution in [2.45, 2.75) is 6.92 Å². The Hall–Kier alpha value is -1.91. The Labute approximate surface area is 86.7 Å². The van der Waals surface area contributed by atoms with Crippen LogP contribution in [0.4, 0.5) is 0 Å². The van der Waals surface area contributed by atoms with Gasteiger partial charge in [0.2, 0.25) is 5.82 Å². The average molecular weight is 205 g/mol. The fourth-order valence-electron chi connectivity index (χ4n) is 1.40. The highest BCUT2D eigenvalue weighted by Gasteiger charge is 2.16. The van der Waals surface area contributed by atoms with Crippen LogP contribution in [0.15, 0.2) is 18.3 Å². The summed E-state index contributed by atoms with van der Waals surface area (Å²) in [5.74, 6) is -0.136. The summed E-state index contributed by atoms with van der Waals surface area (Å²) in [4.78, 5) is 19.7. The van der Waals surface area contributed by atoms with Crippen LogP contribution in [0.25, 0.3) is 11.2 Å². The number of pyridine rings is 1. The molecule has 0 fully saturated rings. The van der Waals surface area contributed by atoms with Gasteiger partial charge in [-0.25, -0.2) is 14.8 Å². The van der Waals surface area contributed by atoms with Gasteiger partial charge in [-0.3, -0.25) is 0 Å². The van der Waals surface area contributed by atoms with Gasteiger partial charge in [0.25, 0.3) is 0 Å². The molecule has 2 heterocycles. The van der Waals surface area contributed by atoms with Crippen molar-refractivity contribution in [3.8, 4) is 0 Å². The van der Waals surface area contributed by atoms with E-state index >= 15 is 0 Å². The molecule has 0 saturated heterocycles. The molecule has 0 unspecified atom stereocenters. The number of esters is 1. The number of fused-ring (bicyclic) bond motifs is 1. The normalized spacial score (nSPS) is 10.5. The molecule has 0 aliphatic heterocycles. The van der Waals surface area contributed by atoms with E-state index in [0.29, 0.717) is 12.3 Å². The third kappa shape index (κ3) is 1.56. The first kappa shape index (κ1) is 9.64. The first-order valence-electron chi connectivity index (χ1n) is 4.68. The molecule has 0 aliphatic rings. The fraction of sp³-hybridized carbons (Fsp3) is 0.300. The lowest BCUT2D eigenvalue weighted by molar-refractivity contribution is 0.0508. The lowest BCUT2D eigenvalue weighted by Crippen LogP contribution is -2.11. The lowest BCUT2D eigenvalue weighted by atomic mass is 10.4. The number of ether oxygens (including phenoxy) is 1. The summed E-state index contributed by atoms with van der Waals surface area (Å²) in [6, 6.07) is 3.66. The monoisotopic (exact) mass is 205 g/mol. The Balaban J connectivity index is 2.53. The van der Waals surface area contributed by atoms with Crippen molar-refractivity contribution in [3.05, 3.63) is 24.2 Å². The minimum atomic E-state index is -0.419. The Kier molecular flexibility index (Phi) is 2.37. The van der Waals surface area contributed by atoms with Crippen LogP contribution in [0, 0.1) is 0 Å². The number of carbonyl (C=O) groups is 1. The highest BCUT2D eigenvalue weighted by atomic mass is 16.5. The zero-order chi connectivity index (χ0) is 10.8. The number of nitrogens with zero attached hydrogens (tertiary/aromatic N) is 3. The largest absolute Gasteiger partial charge is 0.460 e. The Morgan fingerprint density at radius 1 is 1.60 bits per heavy atom. The van der Waals surface area contributed by atoms with E-state index in [2.05, 4.69) is 9.97 Å². The third-order valence-corrected chi connectivity index (χ3v) is 2.11. The standard InChI is InChI=1S/C10H11N3O2/c1-3-15-10(14)9-12-8-7(13(9)2)5-4-6-11-8/h4-6H,3H2,1-2H3. The number of aromatic nitrogens is 3. The van der Waals surface area contributed by atoms with Crippen LogP contribution in [-0.2, 0) is 11.8 Å². The molecule has 0 aliphatic carbocycles. The quantitative estimate of drug-likeness (QED) is 0.690. The molecular formula is C10H11N3O2. The van der Waals surface area contributed by atoms with Crippen LogP contribution in [0.1, 0.15) is 17.5 Å².